The molecule has 1 atom stereocenters. The van der Waals surface area contributed by atoms with E-state index < -0.39 is 22.0 Å². The van der Waals surface area contributed by atoms with Crippen LogP contribution in [0.3, 0.4) is 0 Å². The van der Waals surface area contributed by atoms with E-state index in [0.717, 1.165) is 21.7 Å². The van der Waals surface area contributed by atoms with E-state index >= 15 is 0 Å². The van der Waals surface area contributed by atoms with Crippen LogP contribution in [0.15, 0.2) is 42.5 Å². The Hall–Kier alpha value is -2.54. The van der Waals surface area contributed by atoms with Crippen molar-refractivity contribution >= 4 is 27.3 Å². The van der Waals surface area contributed by atoms with Crippen molar-refractivity contribution in [3.05, 3.63) is 53.6 Å². The summed E-state index contributed by atoms with van der Waals surface area (Å²) in [5.41, 5.74) is 2.95. The van der Waals surface area contributed by atoms with Crippen LogP contribution in [0.4, 0.5) is 11.4 Å². The van der Waals surface area contributed by atoms with E-state index in [1.165, 1.54) is 7.11 Å². The summed E-state index contributed by atoms with van der Waals surface area (Å²) >= 11 is 0. The Kier molecular flexibility index (Phi) is 5.92. The number of hydrogen-bond donors (Lipinski definition) is 1. The van der Waals surface area contributed by atoms with Crippen LogP contribution in [0.2, 0.25) is 0 Å². The molecule has 140 valence electrons. The first-order valence-corrected chi connectivity index (χ1v) is 10.00. The molecule has 0 saturated carbocycles. The highest BCUT2D eigenvalue weighted by Crippen LogP contribution is 2.26. The molecule has 1 amide bonds. The minimum Gasteiger partial charge on any atom is -0.497 e. The van der Waals surface area contributed by atoms with Crippen molar-refractivity contribution < 1.29 is 17.9 Å². The van der Waals surface area contributed by atoms with Crippen LogP contribution < -0.4 is 14.4 Å². The number of rotatable bonds is 6. The molecule has 2 aromatic rings. The minimum absolute atomic E-state index is 0.371. The van der Waals surface area contributed by atoms with E-state index in [1.807, 2.05) is 32.0 Å². The molecule has 0 aromatic heterocycles. The molecule has 26 heavy (non-hydrogen) atoms. The van der Waals surface area contributed by atoms with Gasteiger partial charge in [0.25, 0.3) is 0 Å². The van der Waals surface area contributed by atoms with E-state index in [0.29, 0.717) is 17.1 Å². The summed E-state index contributed by atoms with van der Waals surface area (Å²) in [5, 5.41) is 2.83. The highest BCUT2D eigenvalue weighted by Gasteiger charge is 2.29. The molecule has 2 aromatic carbocycles. The lowest BCUT2D eigenvalue weighted by Crippen LogP contribution is -2.45. The van der Waals surface area contributed by atoms with E-state index in [1.54, 1.807) is 31.2 Å². The highest BCUT2D eigenvalue weighted by molar-refractivity contribution is 7.92. The summed E-state index contributed by atoms with van der Waals surface area (Å²) in [4.78, 5) is 12.7. The summed E-state index contributed by atoms with van der Waals surface area (Å²) < 4.78 is 31.0. The maximum absolute atomic E-state index is 12.7. The monoisotopic (exact) mass is 376 g/mol. The SMILES string of the molecule is COc1cccc(N([C@@H](C)C(=O)Nc2cc(C)ccc2C)S(C)(=O)=O)c1. The second-order valence-electron chi connectivity index (χ2n) is 6.24. The highest BCUT2D eigenvalue weighted by atomic mass is 32.2. The third-order valence-electron chi connectivity index (χ3n) is 4.05. The number of anilines is 2. The molecule has 0 fully saturated rings. The Morgan fingerprint density at radius 1 is 1.15 bits per heavy atom. The maximum atomic E-state index is 12.7. The topological polar surface area (TPSA) is 75.7 Å². The summed E-state index contributed by atoms with van der Waals surface area (Å²) in [6, 6.07) is 11.4. The number of carbonyl (C=O) groups is 1. The van der Waals surface area contributed by atoms with Crippen LogP contribution in [0.1, 0.15) is 18.1 Å². The lowest BCUT2D eigenvalue weighted by atomic mass is 10.1. The predicted molar refractivity (Wildman–Crippen MR) is 104 cm³/mol. The fraction of sp³-hybridized carbons (Fsp3) is 0.316. The quantitative estimate of drug-likeness (QED) is 0.840. The number of nitrogens with zero attached hydrogens (tertiary/aromatic N) is 1. The first kappa shape index (κ1) is 19.8. The number of benzene rings is 2. The van der Waals surface area contributed by atoms with Gasteiger partial charge in [-0.3, -0.25) is 9.10 Å². The summed E-state index contributed by atoms with van der Waals surface area (Å²) in [7, 11) is -2.18. The van der Waals surface area contributed by atoms with Gasteiger partial charge < -0.3 is 10.1 Å². The molecule has 0 aliphatic carbocycles. The van der Waals surface area contributed by atoms with Crippen molar-refractivity contribution in [1.29, 1.82) is 0 Å². The molecule has 1 N–H and O–H groups in total. The molecule has 0 aliphatic heterocycles. The van der Waals surface area contributed by atoms with Crippen molar-refractivity contribution in [1.82, 2.24) is 0 Å². The fourth-order valence-corrected chi connectivity index (χ4v) is 3.83. The Bertz CT molecular complexity index is 910. The number of amides is 1. The van der Waals surface area contributed by atoms with Crippen molar-refractivity contribution in [3.63, 3.8) is 0 Å². The van der Waals surface area contributed by atoms with E-state index in [9.17, 15) is 13.2 Å². The van der Waals surface area contributed by atoms with Gasteiger partial charge in [0.1, 0.15) is 11.8 Å². The first-order chi connectivity index (χ1) is 12.1. The molecular formula is C19H24N2O4S. The third-order valence-corrected chi connectivity index (χ3v) is 5.29. The van der Waals surface area contributed by atoms with Gasteiger partial charge in [-0.15, -0.1) is 0 Å². The molecule has 2 rings (SSSR count). The molecular weight excluding hydrogens is 352 g/mol. The van der Waals surface area contributed by atoms with Gasteiger partial charge in [-0.25, -0.2) is 8.42 Å². The smallest absolute Gasteiger partial charge is 0.248 e. The normalized spacial score (nSPS) is 12.3. The van der Waals surface area contributed by atoms with Crippen LogP contribution in [-0.2, 0) is 14.8 Å². The molecule has 0 radical (unpaired) electrons. The number of nitrogens with one attached hydrogen (secondary N) is 1. The van der Waals surface area contributed by atoms with Gasteiger partial charge in [0.15, 0.2) is 0 Å². The Balaban J connectivity index is 2.36. The lowest BCUT2D eigenvalue weighted by Gasteiger charge is -2.28. The second-order valence-corrected chi connectivity index (χ2v) is 8.10. The lowest BCUT2D eigenvalue weighted by molar-refractivity contribution is -0.116. The molecule has 0 spiro atoms. The fourth-order valence-electron chi connectivity index (χ4n) is 2.66. The van der Waals surface area contributed by atoms with Crippen molar-refractivity contribution in [2.24, 2.45) is 0 Å². The van der Waals surface area contributed by atoms with Gasteiger partial charge in [-0.2, -0.15) is 0 Å². The number of aryl methyl sites for hydroxylation is 2. The number of carbonyl (C=O) groups excluding carboxylic acids is 1. The molecule has 0 saturated heterocycles. The molecule has 0 unspecified atom stereocenters. The van der Waals surface area contributed by atoms with Gasteiger partial charge in [0, 0.05) is 11.8 Å². The average Bonchev–Trinajstić information content (AvgIpc) is 2.57. The Morgan fingerprint density at radius 3 is 2.46 bits per heavy atom. The van der Waals surface area contributed by atoms with Crippen LogP contribution in [-0.4, -0.2) is 33.7 Å². The van der Waals surface area contributed by atoms with Crippen LogP contribution in [0.25, 0.3) is 0 Å². The van der Waals surface area contributed by atoms with Crippen LogP contribution >= 0.6 is 0 Å². The largest absolute Gasteiger partial charge is 0.497 e. The van der Waals surface area contributed by atoms with Gasteiger partial charge >= 0.3 is 0 Å². The number of hydrogen-bond acceptors (Lipinski definition) is 4. The predicted octanol–water partition coefficient (Wildman–Crippen LogP) is 3.11. The minimum atomic E-state index is -3.68. The number of methoxy groups -OCH3 is 1. The van der Waals surface area contributed by atoms with Crippen LogP contribution in [0, 0.1) is 13.8 Å². The van der Waals surface area contributed by atoms with Crippen molar-refractivity contribution in [2.75, 3.05) is 23.0 Å². The number of ether oxygens (including phenoxy) is 1. The van der Waals surface area contributed by atoms with Gasteiger partial charge in [-0.1, -0.05) is 18.2 Å². The first-order valence-electron chi connectivity index (χ1n) is 8.15. The summed E-state index contributed by atoms with van der Waals surface area (Å²) in [6.45, 7) is 5.37. The average molecular weight is 376 g/mol. The standard InChI is InChI=1S/C19H24N2O4S/c1-13-9-10-14(2)18(11-13)20-19(22)15(3)21(26(5,23)24)16-7-6-8-17(12-16)25-4/h6-12,15H,1-5H3,(H,20,22)/t15-/m0/s1. The van der Waals surface area contributed by atoms with Gasteiger partial charge in [-0.05, 0) is 50.1 Å². The third kappa shape index (κ3) is 4.54. The van der Waals surface area contributed by atoms with Crippen molar-refractivity contribution in [2.45, 2.75) is 26.8 Å². The molecule has 7 heteroatoms. The summed E-state index contributed by atoms with van der Waals surface area (Å²) in [5.74, 6) is 0.102. The van der Waals surface area contributed by atoms with Gasteiger partial charge in [0.2, 0.25) is 15.9 Å². The van der Waals surface area contributed by atoms with Crippen LogP contribution in [0.5, 0.6) is 5.75 Å². The molecule has 0 aliphatic rings. The van der Waals surface area contributed by atoms with Crippen molar-refractivity contribution in [3.8, 4) is 5.75 Å². The Labute approximate surface area is 154 Å². The zero-order valence-electron chi connectivity index (χ0n) is 15.6. The molecule has 6 nitrogen and oxygen atoms in total. The maximum Gasteiger partial charge on any atom is 0.248 e. The molecule has 0 bridgehead atoms. The van der Waals surface area contributed by atoms with Gasteiger partial charge in [0.05, 0.1) is 19.1 Å². The van der Waals surface area contributed by atoms with E-state index in [2.05, 4.69) is 5.32 Å². The Morgan fingerprint density at radius 2 is 1.85 bits per heavy atom. The zero-order valence-corrected chi connectivity index (χ0v) is 16.4. The van der Waals surface area contributed by atoms with E-state index in [4.69, 9.17) is 4.74 Å². The zero-order chi connectivity index (χ0) is 19.5. The number of sulfonamides is 1. The molecule has 0 heterocycles. The van der Waals surface area contributed by atoms with E-state index in [-0.39, 0.29) is 0 Å². The summed E-state index contributed by atoms with van der Waals surface area (Å²) in [6.07, 6.45) is 1.08. The second kappa shape index (κ2) is 7.78.